The van der Waals surface area contributed by atoms with Crippen LogP contribution in [0, 0.1) is 6.92 Å². The average Bonchev–Trinajstić information content (AvgIpc) is 2.52. The molecule has 0 saturated carbocycles. The summed E-state index contributed by atoms with van der Waals surface area (Å²) >= 11 is 7.43. The van der Waals surface area contributed by atoms with Gasteiger partial charge in [0.15, 0.2) is 0 Å². The van der Waals surface area contributed by atoms with E-state index in [0.29, 0.717) is 5.15 Å². The summed E-state index contributed by atoms with van der Waals surface area (Å²) in [5, 5.41) is 1.58. The van der Waals surface area contributed by atoms with Crippen molar-refractivity contribution in [3.8, 4) is 10.4 Å². The Hall–Kier alpha value is -0.930. The highest BCUT2D eigenvalue weighted by Crippen LogP contribution is 2.26. The standard InChI is InChI=1S/C9H7ClN2S/c1-6-12-5-8(13-6)7-2-3-11-9(10)4-7/h2-5H,1H3. The molecule has 0 aromatic carbocycles. The van der Waals surface area contributed by atoms with Crippen molar-refractivity contribution in [2.45, 2.75) is 6.92 Å². The van der Waals surface area contributed by atoms with Gasteiger partial charge in [-0.05, 0) is 24.6 Å². The Labute approximate surface area is 85.2 Å². The summed E-state index contributed by atoms with van der Waals surface area (Å²) in [6.07, 6.45) is 3.55. The van der Waals surface area contributed by atoms with Crippen molar-refractivity contribution in [2.24, 2.45) is 0 Å². The van der Waals surface area contributed by atoms with Crippen molar-refractivity contribution < 1.29 is 0 Å². The van der Waals surface area contributed by atoms with Crippen molar-refractivity contribution in [1.82, 2.24) is 9.97 Å². The van der Waals surface area contributed by atoms with Crippen LogP contribution >= 0.6 is 22.9 Å². The monoisotopic (exact) mass is 210 g/mol. The minimum Gasteiger partial charge on any atom is -0.249 e. The molecule has 0 aliphatic rings. The van der Waals surface area contributed by atoms with Crippen LogP contribution in [0.25, 0.3) is 10.4 Å². The van der Waals surface area contributed by atoms with Crippen LogP contribution in [-0.2, 0) is 0 Å². The van der Waals surface area contributed by atoms with Crippen LogP contribution in [0.15, 0.2) is 24.5 Å². The van der Waals surface area contributed by atoms with Gasteiger partial charge in [-0.1, -0.05) is 11.6 Å². The predicted molar refractivity (Wildman–Crippen MR) is 55.1 cm³/mol. The van der Waals surface area contributed by atoms with Crippen LogP contribution in [-0.4, -0.2) is 9.97 Å². The van der Waals surface area contributed by atoms with Crippen molar-refractivity contribution in [1.29, 1.82) is 0 Å². The zero-order valence-corrected chi connectivity index (χ0v) is 8.56. The number of nitrogens with zero attached hydrogens (tertiary/aromatic N) is 2. The Bertz CT molecular complexity index is 425. The van der Waals surface area contributed by atoms with Crippen LogP contribution in [0.4, 0.5) is 0 Å². The lowest BCUT2D eigenvalue weighted by Crippen LogP contribution is -1.75. The van der Waals surface area contributed by atoms with E-state index in [9.17, 15) is 0 Å². The predicted octanol–water partition coefficient (Wildman–Crippen LogP) is 3.17. The zero-order chi connectivity index (χ0) is 9.26. The molecule has 13 heavy (non-hydrogen) atoms. The van der Waals surface area contributed by atoms with Crippen molar-refractivity contribution in [3.63, 3.8) is 0 Å². The molecule has 2 rings (SSSR count). The van der Waals surface area contributed by atoms with Gasteiger partial charge in [-0.2, -0.15) is 0 Å². The smallest absolute Gasteiger partial charge is 0.129 e. The molecule has 0 N–H and O–H groups in total. The molecule has 2 heterocycles. The van der Waals surface area contributed by atoms with E-state index in [2.05, 4.69) is 9.97 Å². The van der Waals surface area contributed by atoms with Gasteiger partial charge in [-0.25, -0.2) is 9.97 Å². The van der Waals surface area contributed by atoms with E-state index < -0.39 is 0 Å². The van der Waals surface area contributed by atoms with Gasteiger partial charge in [0.05, 0.1) is 9.88 Å². The first-order valence-corrected chi connectivity index (χ1v) is 4.99. The molecule has 0 aliphatic carbocycles. The van der Waals surface area contributed by atoms with Crippen LogP contribution in [0.1, 0.15) is 5.01 Å². The average molecular weight is 211 g/mol. The quantitative estimate of drug-likeness (QED) is 0.676. The fraction of sp³-hybridized carbons (Fsp3) is 0.111. The molecule has 0 radical (unpaired) electrons. The van der Waals surface area contributed by atoms with Crippen LogP contribution in [0.5, 0.6) is 0 Å². The summed E-state index contributed by atoms with van der Waals surface area (Å²) in [6.45, 7) is 1.98. The number of rotatable bonds is 1. The third-order valence-corrected chi connectivity index (χ3v) is 2.80. The topological polar surface area (TPSA) is 25.8 Å². The first-order valence-electron chi connectivity index (χ1n) is 3.80. The largest absolute Gasteiger partial charge is 0.249 e. The zero-order valence-electron chi connectivity index (χ0n) is 6.99. The van der Waals surface area contributed by atoms with Crippen LogP contribution in [0.3, 0.4) is 0 Å². The van der Waals surface area contributed by atoms with Crippen molar-refractivity contribution >= 4 is 22.9 Å². The van der Waals surface area contributed by atoms with E-state index >= 15 is 0 Å². The van der Waals surface area contributed by atoms with Gasteiger partial charge >= 0.3 is 0 Å². The van der Waals surface area contributed by atoms with E-state index in [0.717, 1.165) is 15.4 Å². The van der Waals surface area contributed by atoms with Crippen molar-refractivity contribution in [3.05, 3.63) is 34.7 Å². The van der Waals surface area contributed by atoms with E-state index in [1.165, 1.54) is 0 Å². The number of thiazole rings is 1. The second-order valence-corrected chi connectivity index (χ2v) is 4.23. The summed E-state index contributed by atoms with van der Waals surface area (Å²) in [4.78, 5) is 9.23. The fourth-order valence-corrected chi connectivity index (χ4v) is 2.00. The number of halogens is 1. The van der Waals surface area contributed by atoms with E-state index in [4.69, 9.17) is 11.6 Å². The number of hydrogen-bond donors (Lipinski definition) is 0. The lowest BCUT2D eigenvalue weighted by Gasteiger charge is -1.95. The van der Waals surface area contributed by atoms with E-state index in [1.807, 2.05) is 25.3 Å². The molecule has 0 spiro atoms. The Morgan fingerprint density at radius 1 is 1.38 bits per heavy atom. The number of aromatic nitrogens is 2. The molecule has 0 bridgehead atoms. The second kappa shape index (κ2) is 3.44. The van der Waals surface area contributed by atoms with Crippen LogP contribution < -0.4 is 0 Å². The maximum atomic E-state index is 5.77. The maximum absolute atomic E-state index is 5.77. The van der Waals surface area contributed by atoms with Crippen molar-refractivity contribution in [2.75, 3.05) is 0 Å². The maximum Gasteiger partial charge on any atom is 0.129 e. The second-order valence-electron chi connectivity index (χ2n) is 2.61. The minimum absolute atomic E-state index is 0.517. The highest BCUT2D eigenvalue weighted by atomic mass is 35.5. The molecular formula is C9H7ClN2S. The molecule has 0 amide bonds. The van der Waals surface area contributed by atoms with Gasteiger partial charge in [0.2, 0.25) is 0 Å². The molecule has 0 saturated heterocycles. The molecule has 66 valence electrons. The highest BCUT2D eigenvalue weighted by molar-refractivity contribution is 7.15. The Morgan fingerprint density at radius 2 is 2.23 bits per heavy atom. The number of hydrogen-bond acceptors (Lipinski definition) is 3. The van der Waals surface area contributed by atoms with Crippen LogP contribution in [0.2, 0.25) is 5.15 Å². The summed E-state index contributed by atoms with van der Waals surface area (Å²) in [6, 6.07) is 3.77. The summed E-state index contributed by atoms with van der Waals surface area (Å²) in [5.74, 6) is 0. The molecule has 0 unspecified atom stereocenters. The summed E-state index contributed by atoms with van der Waals surface area (Å²) in [7, 11) is 0. The first-order chi connectivity index (χ1) is 6.25. The lowest BCUT2D eigenvalue weighted by atomic mass is 10.2. The van der Waals surface area contributed by atoms with Gasteiger partial charge in [-0.15, -0.1) is 11.3 Å². The molecular weight excluding hydrogens is 204 g/mol. The Kier molecular flexibility index (Phi) is 2.29. The number of pyridine rings is 1. The summed E-state index contributed by atoms with van der Waals surface area (Å²) < 4.78 is 0. The molecule has 0 aliphatic heterocycles. The lowest BCUT2D eigenvalue weighted by molar-refractivity contribution is 1.29. The molecule has 0 atom stereocenters. The first kappa shape index (κ1) is 8.66. The van der Waals surface area contributed by atoms with E-state index in [-0.39, 0.29) is 0 Å². The van der Waals surface area contributed by atoms with Gasteiger partial charge in [0, 0.05) is 12.4 Å². The fourth-order valence-electron chi connectivity index (χ4n) is 1.05. The van der Waals surface area contributed by atoms with Gasteiger partial charge < -0.3 is 0 Å². The Morgan fingerprint density at radius 3 is 2.85 bits per heavy atom. The van der Waals surface area contributed by atoms with Gasteiger partial charge in [0.1, 0.15) is 5.15 Å². The number of aryl methyl sites for hydroxylation is 1. The molecule has 4 heteroatoms. The van der Waals surface area contributed by atoms with Gasteiger partial charge in [-0.3, -0.25) is 0 Å². The third kappa shape index (κ3) is 1.87. The molecule has 2 nitrogen and oxygen atoms in total. The SMILES string of the molecule is Cc1ncc(-c2ccnc(Cl)c2)s1. The normalized spacial score (nSPS) is 10.3. The third-order valence-electron chi connectivity index (χ3n) is 1.63. The summed E-state index contributed by atoms with van der Waals surface area (Å²) in [5.41, 5.74) is 1.07. The Balaban J connectivity index is 2.46. The molecule has 2 aromatic heterocycles. The van der Waals surface area contributed by atoms with E-state index in [1.54, 1.807) is 17.5 Å². The minimum atomic E-state index is 0.517. The molecule has 0 fully saturated rings. The van der Waals surface area contributed by atoms with Gasteiger partial charge in [0.25, 0.3) is 0 Å². The highest BCUT2D eigenvalue weighted by Gasteiger charge is 2.01. The molecule has 2 aromatic rings.